The average Bonchev–Trinajstić information content (AvgIpc) is 3.90. The molecule has 22 heteroatoms. The molecule has 0 bridgehead atoms. The molecule has 63 heavy (non-hydrogen) atoms. The quantitative estimate of drug-likeness (QED) is 0.0354. The monoisotopic (exact) mass is 910 g/mol. The SMILES string of the molecule is CCN(CC)c1ccc(/N=N/c2nc3ccccc3s2)c(Nc2nc(Nc3cc(N(CC)CC)ccc3/N=N/c3nc4ccc(S(=O)(=O)O)cc4s3)nc(N(CCO)CCO)n2)c1. The summed E-state index contributed by atoms with van der Waals surface area (Å²) in [5.74, 6) is 0.433. The Kier molecular flexibility index (Phi) is 14.4. The lowest BCUT2D eigenvalue weighted by Crippen LogP contribution is -2.31. The van der Waals surface area contributed by atoms with Gasteiger partial charge in [0.1, 0.15) is 11.4 Å². The Labute approximate surface area is 371 Å². The summed E-state index contributed by atoms with van der Waals surface area (Å²) in [5, 5.41) is 45.5. The highest BCUT2D eigenvalue weighted by atomic mass is 32.2. The minimum atomic E-state index is -4.40. The summed E-state index contributed by atoms with van der Waals surface area (Å²) in [6.45, 7) is 11.1. The first-order valence-corrected chi connectivity index (χ1v) is 23.2. The standard InChI is InChI=1S/C41H46N14O5S3/c1-5-53(6-2)26-13-16-29(49-51-40-44-31-11-9-10-12-35(31)61-40)33(23-26)42-37-46-38(48-39(47-37)55(19-21-56)20-22-57)43-34-24-27(54(7-3)8-4)14-17-30(34)50-52-41-45-32-18-15-28(63(58,59)60)25-36(32)62-41/h9-18,23-25,56-57H,5-8,19-22H2,1-4H3,(H,58,59,60)(H2,42,43,46,47,48)/b51-49+,52-50+. The first-order chi connectivity index (χ1) is 30.5. The Balaban J connectivity index is 1.29. The number of thiazole rings is 2. The van der Waals surface area contributed by atoms with Gasteiger partial charge < -0.3 is 35.5 Å². The summed E-state index contributed by atoms with van der Waals surface area (Å²) in [6.07, 6.45) is 0. The minimum Gasteiger partial charge on any atom is -0.395 e. The molecule has 0 spiro atoms. The van der Waals surface area contributed by atoms with E-state index in [1.807, 2.05) is 54.6 Å². The number of anilines is 7. The van der Waals surface area contributed by atoms with E-state index in [4.69, 9.17) is 15.0 Å². The van der Waals surface area contributed by atoms with E-state index in [0.29, 0.717) is 38.1 Å². The summed E-state index contributed by atoms with van der Waals surface area (Å²) in [6, 6.07) is 23.3. The van der Waals surface area contributed by atoms with Crippen molar-refractivity contribution in [2.75, 3.05) is 77.8 Å². The molecule has 328 valence electrons. The molecule has 0 radical (unpaired) electrons. The first kappa shape index (κ1) is 44.7. The molecule has 0 saturated carbocycles. The van der Waals surface area contributed by atoms with Gasteiger partial charge in [-0.15, -0.1) is 20.5 Å². The number of aromatic nitrogens is 5. The molecule has 0 aliphatic rings. The van der Waals surface area contributed by atoms with Crippen LogP contribution in [0.1, 0.15) is 27.7 Å². The van der Waals surface area contributed by atoms with E-state index in [9.17, 15) is 23.2 Å². The summed E-state index contributed by atoms with van der Waals surface area (Å²) in [5.41, 5.74) is 5.12. The van der Waals surface area contributed by atoms with Crippen LogP contribution in [0.15, 0.2) is 104 Å². The third kappa shape index (κ3) is 10.8. The minimum absolute atomic E-state index is 0.117. The molecule has 0 atom stereocenters. The van der Waals surface area contributed by atoms with Crippen LogP contribution in [0.2, 0.25) is 0 Å². The van der Waals surface area contributed by atoms with Crippen molar-refractivity contribution in [2.45, 2.75) is 32.6 Å². The maximum Gasteiger partial charge on any atom is 0.294 e. The van der Waals surface area contributed by atoms with Gasteiger partial charge in [-0.1, -0.05) is 34.8 Å². The average molecular weight is 911 g/mol. The zero-order valence-electron chi connectivity index (χ0n) is 34.9. The van der Waals surface area contributed by atoms with Crippen LogP contribution in [0.3, 0.4) is 0 Å². The summed E-state index contributed by atoms with van der Waals surface area (Å²) in [4.78, 5) is 29.1. The molecule has 19 nitrogen and oxygen atoms in total. The number of fused-ring (bicyclic) bond motifs is 2. The van der Waals surface area contributed by atoms with Gasteiger partial charge in [0.15, 0.2) is 0 Å². The summed E-state index contributed by atoms with van der Waals surface area (Å²) in [7, 11) is -4.40. The van der Waals surface area contributed by atoms with E-state index in [-0.39, 0.29) is 54.2 Å². The Morgan fingerprint density at radius 1 is 0.587 bits per heavy atom. The molecular weight excluding hydrogens is 865 g/mol. The molecular formula is C41H46N14O5S3. The van der Waals surface area contributed by atoms with Crippen molar-refractivity contribution in [3.05, 3.63) is 78.9 Å². The van der Waals surface area contributed by atoms with Crippen LogP contribution in [-0.4, -0.2) is 101 Å². The Morgan fingerprint density at radius 2 is 1.10 bits per heavy atom. The smallest absolute Gasteiger partial charge is 0.294 e. The Hall–Kier alpha value is -6.30. The highest BCUT2D eigenvalue weighted by Gasteiger charge is 2.19. The third-order valence-electron chi connectivity index (χ3n) is 9.77. The van der Waals surface area contributed by atoms with Crippen LogP contribution in [0.25, 0.3) is 20.4 Å². The fraction of sp³-hybridized carbons (Fsp3) is 0.293. The van der Waals surface area contributed by atoms with Crippen molar-refractivity contribution in [3.63, 3.8) is 0 Å². The number of nitrogens with zero attached hydrogens (tertiary/aromatic N) is 12. The molecule has 4 aromatic carbocycles. The number of benzene rings is 4. The third-order valence-corrected chi connectivity index (χ3v) is 12.4. The number of nitrogens with one attached hydrogen (secondary N) is 2. The van der Waals surface area contributed by atoms with Gasteiger partial charge in [0.05, 0.1) is 49.9 Å². The topological polar surface area (TPSA) is 242 Å². The van der Waals surface area contributed by atoms with Crippen LogP contribution >= 0.6 is 22.7 Å². The molecule has 0 amide bonds. The first-order valence-electron chi connectivity index (χ1n) is 20.1. The highest BCUT2D eigenvalue weighted by Crippen LogP contribution is 2.38. The second kappa shape index (κ2) is 20.3. The van der Waals surface area contributed by atoms with Gasteiger partial charge in [-0.05, 0) is 94.4 Å². The van der Waals surface area contributed by atoms with Gasteiger partial charge in [0.25, 0.3) is 10.1 Å². The van der Waals surface area contributed by atoms with Gasteiger partial charge in [-0.2, -0.15) is 23.4 Å². The molecule has 0 aliphatic heterocycles. The fourth-order valence-electron chi connectivity index (χ4n) is 6.60. The lowest BCUT2D eigenvalue weighted by atomic mass is 10.2. The second-order valence-corrected chi connectivity index (χ2v) is 17.1. The Morgan fingerprint density at radius 3 is 1.59 bits per heavy atom. The number of para-hydroxylation sites is 1. The van der Waals surface area contributed by atoms with Gasteiger partial charge in [0.2, 0.25) is 28.1 Å². The van der Waals surface area contributed by atoms with Crippen molar-refractivity contribution >= 4 is 115 Å². The van der Waals surface area contributed by atoms with Crippen molar-refractivity contribution in [2.24, 2.45) is 20.5 Å². The number of aliphatic hydroxyl groups is 2. The number of aliphatic hydroxyl groups excluding tert-OH is 2. The fourth-order valence-corrected chi connectivity index (χ4v) is 8.79. The van der Waals surface area contributed by atoms with E-state index >= 15 is 0 Å². The molecule has 7 aromatic rings. The van der Waals surface area contributed by atoms with Crippen LogP contribution < -0.4 is 25.3 Å². The number of rotatable bonds is 20. The van der Waals surface area contributed by atoms with E-state index in [0.717, 1.165) is 59.1 Å². The molecule has 5 N–H and O–H groups in total. The maximum absolute atomic E-state index is 11.7. The zero-order valence-corrected chi connectivity index (χ0v) is 37.4. The largest absolute Gasteiger partial charge is 0.395 e. The number of hydrogen-bond acceptors (Lipinski definition) is 20. The van der Waals surface area contributed by atoms with E-state index < -0.39 is 10.1 Å². The van der Waals surface area contributed by atoms with Gasteiger partial charge >= 0.3 is 0 Å². The lowest BCUT2D eigenvalue weighted by Gasteiger charge is -2.24. The molecule has 0 unspecified atom stereocenters. The second-order valence-electron chi connectivity index (χ2n) is 13.7. The van der Waals surface area contributed by atoms with Gasteiger partial charge in [-0.25, -0.2) is 9.97 Å². The maximum atomic E-state index is 11.7. The van der Waals surface area contributed by atoms with E-state index in [1.165, 1.54) is 29.5 Å². The van der Waals surface area contributed by atoms with Crippen LogP contribution in [0, 0.1) is 0 Å². The molecule has 3 heterocycles. The molecule has 0 aliphatic carbocycles. The van der Waals surface area contributed by atoms with Crippen molar-refractivity contribution in [1.82, 2.24) is 24.9 Å². The van der Waals surface area contributed by atoms with Crippen molar-refractivity contribution < 1.29 is 23.2 Å². The van der Waals surface area contributed by atoms with Crippen molar-refractivity contribution in [1.29, 1.82) is 0 Å². The predicted molar refractivity (Wildman–Crippen MR) is 250 cm³/mol. The number of azo groups is 2. The van der Waals surface area contributed by atoms with Gasteiger partial charge in [0, 0.05) is 50.6 Å². The summed E-state index contributed by atoms with van der Waals surface area (Å²) >= 11 is 2.55. The van der Waals surface area contributed by atoms with Crippen LogP contribution in [-0.2, 0) is 10.1 Å². The zero-order chi connectivity index (χ0) is 44.5. The van der Waals surface area contributed by atoms with E-state index in [1.54, 1.807) is 11.0 Å². The van der Waals surface area contributed by atoms with E-state index in [2.05, 4.69) is 78.6 Å². The predicted octanol–water partition coefficient (Wildman–Crippen LogP) is 9.14. The van der Waals surface area contributed by atoms with Crippen molar-refractivity contribution in [3.8, 4) is 0 Å². The molecule has 3 aromatic heterocycles. The molecule has 0 saturated heterocycles. The molecule has 7 rings (SSSR count). The van der Waals surface area contributed by atoms with Crippen LogP contribution in [0.5, 0.6) is 0 Å². The molecule has 0 fully saturated rings. The number of hydrogen-bond donors (Lipinski definition) is 5. The highest BCUT2D eigenvalue weighted by molar-refractivity contribution is 7.85. The lowest BCUT2D eigenvalue weighted by molar-refractivity contribution is 0.280. The Bertz CT molecular complexity index is 2820. The normalized spacial score (nSPS) is 11.9. The van der Waals surface area contributed by atoms with Gasteiger partial charge in [-0.3, -0.25) is 4.55 Å². The van der Waals surface area contributed by atoms with Crippen LogP contribution in [0.4, 0.5) is 62.2 Å². The summed E-state index contributed by atoms with van der Waals surface area (Å²) < 4.78 is 34.5.